The minimum atomic E-state index is -0.180. The zero-order chi connectivity index (χ0) is 17.8. The maximum atomic E-state index is 12.3. The van der Waals surface area contributed by atoms with Gasteiger partial charge in [0.2, 0.25) is 0 Å². The Bertz CT molecular complexity index is 972. The lowest BCUT2D eigenvalue weighted by Crippen LogP contribution is -2.14. The summed E-state index contributed by atoms with van der Waals surface area (Å²) in [7, 11) is 3.52. The number of hydrogen-bond acceptors (Lipinski definition) is 4. The first-order chi connectivity index (χ1) is 12.1. The van der Waals surface area contributed by atoms with Crippen molar-refractivity contribution in [3.8, 4) is 11.5 Å². The van der Waals surface area contributed by atoms with Crippen LogP contribution in [0.3, 0.4) is 0 Å². The Labute approximate surface area is 150 Å². The molecule has 25 heavy (non-hydrogen) atoms. The van der Waals surface area contributed by atoms with E-state index in [4.69, 9.17) is 9.47 Å². The monoisotopic (exact) mass is 356 g/mol. The van der Waals surface area contributed by atoms with Crippen LogP contribution in [0.1, 0.15) is 12.5 Å². The number of carbonyl (C=O) groups is 1. The normalized spacial score (nSPS) is 11.7. The highest BCUT2D eigenvalue weighted by Crippen LogP contribution is 2.22. The smallest absolute Gasteiger partial charge is 0.252 e. The lowest BCUT2D eigenvalue weighted by Gasteiger charge is -2.02. The van der Waals surface area contributed by atoms with Gasteiger partial charge in [-0.3, -0.25) is 4.79 Å². The van der Waals surface area contributed by atoms with E-state index < -0.39 is 0 Å². The highest BCUT2D eigenvalue weighted by Gasteiger charge is 2.08. The van der Waals surface area contributed by atoms with Gasteiger partial charge in [-0.25, -0.2) is 0 Å². The largest absolute Gasteiger partial charge is 0.497 e. The van der Waals surface area contributed by atoms with Gasteiger partial charge in [0.1, 0.15) is 11.5 Å². The van der Waals surface area contributed by atoms with Crippen molar-refractivity contribution in [1.29, 1.82) is 0 Å². The Morgan fingerprint density at radius 2 is 2.04 bits per heavy atom. The quantitative estimate of drug-likeness (QED) is 0.705. The van der Waals surface area contributed by atoms with E-state index in [2.05, 4.69) is 4.99 Å². The van der Waals surface area contributed by atoms with Crippen LogP contribution in [0.15, 0.2) is 47.5 Å². The number of aryl methyl sites for hydroxylation is 1. The van der Waals surface area contributed by atoms with Crippen molar-refractivity contribution in [1.82, 2.24) is 4.57 Å². The molecule has 1 aromatic heterocycles. The van der Waals surface area contributed by atoms with Crippen molar-refractivity contribution in [2.75, 3.05) is 13.7 Å². The summed E-state index contributed by atoms with van der Waals surface area (Å²) >= 11 is 1.48. The van der Waals surface area contributed by atoms with Crippen LogP contribution in [-0.2, 0) is 18.3 Å². The standard InChI is InChI=1S/C19H20N2O3S/c1-4-24-15-8-9-16-17(12-15)25-19(21(16)2)20-18(22)11-13-6-5-7-14(10-13)23-3/h5-10,12H,4,11H2,1-3H3. The Balaban J connectivity index is 1.89. The summed E-state index contributed by atoms with van der Waals surface area (Å²) in [6.45, 7) is 2.58. The SMILES string of the molecule is CCOc1ccc2c(c1)sc(=NC(=O)Cc1cccc(OC)c1)n2C. The number of methoxy groups -OCH3 is 1. The van der Waals surface area contributed by atoms with Crippen LogP contribution in [-0.4, -0.2) is 24.2 Å². The molecule has 0 radical (unpaired) electrons. The molecular weight excluding hydrogens is 336 g/mol. The number of rotatable bonds is 5. The fourth-order valence-corrected chi connectivity index (χ4v) is 3.64. The summed E-state index contributed by atoms with van der Waals surface area (Å²) in [6.07, 6.45) is 0.246. The number of amides is 1. The number of ether oxygens (including phenoxy) is 2. The van der Waals surface area contributed by atoms with Crippen LogP contribution in [0.4, 0.5) is 0 Å². The van der Waals surface area contributed by atoms with Crippen LogP contribution in [0, 0.1) is 0 Å². The van der Waals surface area contributed by atoms with Crippen molar-refractivity contribution in [3.05, 3.63) is 52.8 Å². The van der Waals surface area contributed by atoms with E-state index in [1.165, 1.54) is 11.3 Å². The molecule has 0 fully saturated rings. The van der Waals surface area contributed by atoms with Gasteiger partial charge in [-0.05, 0) is 42.8 Å². The van der Waals surface area contributed by atoms with E-state index >= 15 is 0 Å². The number of aromatic nitrogens is 1. The van der Waals surface area contributed by atoms with Crippen molar-refractivity contribution in [2.45, 2.75) is 13.3 Å². The van der Waals surface area contributed by atoms with E-state index in [-0.39, 0.29) is 12.3 Å². The molecule has 0 spiro atoms. The van der Waals surface area contributed by atoms with Gasteiger partial charge >= 0.3 is 0 Å². The summed E-state index contributed by atoms with van der Waals surface area (Å²) in [5.41, 5.74) is 1.91. The van der Waals surface area contributed by atoms with Gasteiger partial charge in [-0.1, -0.05) is 23.5 Å². The predicted octanol–water partition coefficient (Wildman–Crippen LogP) is 3.32. The molecule has 1 amide bonds. The third kappa shape index (κ3) is 3.91. The molecule has 130 valence electrons. The highest BCUT2D eigenvalue weighted by atomic mass is 32.1. The molecule has 2 aromatic carbocycles. The molecule has 3 aromatic rings. The number of thiazole rings is 1. The topological polar surface area (TPSA) is 52.8 Å². The summed E-state index contributed by atoms with van der Waals surface area (Å²) in [5, 5.41) is 0. The molecule has 0 saturated carbocycles. The molecule has 0 bridgehead atoms. The number of fused-ring (bicyclic) bond motifs is 1. The lowest BCUT2D eigenvalue weighted by molar-refractivity contribution is -0.117. The van der Waals surface area contributed by atoms with Crippen LogP contribution in [0.25, 0.3) is 10.2 Å². The van der Waals surface area contributed by atoms with Gasteiger partial charge < -0.3 is 14.0 Å². The van der Waals surface area contributed by atoms with E-state index in [9.17, 15) is 4.79 Å². The second-order valence-corrected chi connectivity index (χ2v) is 6.55. The number of carbonyl (C=O) groups excluding carboxylic acids is 1. The third-order valence-electron chi connectivity index (χ3n) is 3.80. The molecule has 0 aliphatic heterocycles. The number of nitrogens with zero attached hydrogens (tertiary/aromatic N) is 2. The molecular formula is C19H20N2O3S. The zero-order valence-electron chi connectivity index (χ0n) is 14.5. The predicted molar refractivity (Wildman–Crippen MR) is 99.2 cm³/mol. The van der Waals surface area contributed by atoms with Crippen molar-refractivity contribution < 1.29 is 14.3 Å². The Morgan fingerprint density at radius 1 is 1.20 bits per heavy atom. The molecule has 0 saturated heterocycles. The molecule has 0 atom stereocenters. The maximum Gasteiger partial charge on any atom is 0.252 e. The molecule has 0 aliphatic carbocycles. The average Bonchev–Trinajstić information content (AvgIpc) is 2.90. The first-order valence-corrected chi connectivity index (χ1v) is 8.85. The highest BCUT2D eigenvalue weighted by molar-refractivity contribution is 7.16. The van der Waals surface area contributed by atoms with E-state index in [0.717, 1.165) is 27.3 Å². The van der Waals surface area contributed by atoms with Crippen LogP contribution in [0.2, 0.25) is 0 Å². The molecule has 3 rings (SSSR count). The Morgan fingerprint density at radius 3 is 2.80 bits per heavy atom. The Kier molecular flexibility index (Phi) is 5.19. The van der Waals surface area contributed by atoms with Crippen molar-refractivity contribution in [2.24, 2.45) is 12.0 Å². The lowest BCUT2D eigenvalue weighted by atomic mass is 10.1. The minimum absolute atomic E-state index is 0.180. The van der Waals surface area contributed by atoms with Crippen LogP contribution in [0.5, 0.6) is 11.5 Å². The fraction of sp³-hybridized carbons (Fsp3) is 0.263. The molecule has 0 aliphatic rings. The summed E-state index contributed by atoms with van der Waals surface area (Å²) < 4.78 is 13.7. The van der Waals surface area contributed by atoms with Gasteiger partial charge in [0.15, 0.2) is 4.80 Å². The zero-order valence-corrected chi connectivity index (χ0v) is 15.3. The minimum Gasteiger partial charge on any atom is -0.497 e. The summed E-state index contributed by atoms with van der Waals surface area (Å²) in [5.74, 6) is 1.38. The van der Waals surface area contributed by atoms with Gasteiger partial charge in [-0.2, -0.15) is 4.99 Å². The van der Waals surface area contributed by atoms with Gasteiger partial charge in [0, 0.05) is 7.05 Å². The summed E-state index contributed by atoms with van der Waals surface area (Å²) in [4.78, 5) is 17.3. The fourth-order valence-electron chi connectivity index (χ4n) is 2.58. The number of benzene rings is 2. The van der Waals surface area contributed by atoms with E-state index in [0.29, 0.717) is 11.4 Å². The first-order valence-electron chi connectivity index (χ1n) is 8.03. The molecule has 6 heteroatoms. The molecule has 5 nitrogen and oxygen atoms in total. The molecule has 0 unspecified atom stereocenters. The van der Waals surface area contributed by atoms with Crippen molar-refractivity contribution >= 4 is 27.5 Å². The van der Waals surface area contributed by atoms with Crippen LogP contribution < -0.4 is 14.3 Å². The number of hydrogen-bond donors (Lipinski definition) is 0. The van der Waals surface area contributed by atoms with Gasteiger partial charge in [-0.15, -0.1) is 0 Å². The van der Waals surface area contributed by atoms with Gasteiger partial charge in [0.05, 0.1) is 30.4 Å². The average molecular weight is 356 g/mol. The third-order valence-corrected chi connectivity index (χ3v) is 4.90. The van der Waals surface area contributed by atoms with Crippen LogP contribution >= 0.6 is 11.3 Å². The van der Waals surface area contributed by atoms with E-state index in [1.807, 2.05) is 61.0 Å². The van der Waals surface area contributed by atoms with Gasteiger partial charge in [0.25, 0.3) is 5.91 Å². The Hall–Kier alpha value is -2.60. The summed E-state index contributed by atoms with van der Waals surface area (Å²) in [6, 6.07) is 13.4. The first kappa shape index (κ1) is 17.2. The van der Waals surface area contributed by atoms with E-state index in [1.54, 1.807) is 7.11 Å². The molecule has 1 heterocycles. The second-order valence-electron chi connectivity index (χ2n) is 5.54. The second kappa shape index (κ2) is 7.53. The molecule has 0 N–H and O–H groups in total. The maximum absolute atomic E-state index is 12.3. The van der Waals surface area contributed by atoms with Crippen molar-refractivity contribution in [3.63, 3.8) is 0 Å².